The number of carbonyl (C=O) groups excluding carboxylic acids is 1. The van der Waals surface area contributed by atoms with Crippen molar-refractivity contribution in [3.05, 3.63) is 58.1 Å². The number of para-hydroxylation sites is 2. The molecule has 124 valence electrons. The zero-order valence-corrected chi connectivity index (χ0v) is 14.2. The number of aryl methyl sites for hydroxylation is 1. The smallest absolute Gasteiger partial charge is 0.244 e. The van der Waals surface area contributed by atoms with Crippen molar-refractivity contribution < 1.29 is 9.90 Å². The maximum Gasteiger partial charge on any atom is 0.244 e. The van der Waals surface area contributed by atoms with E-state index in [4.69, 9.17) is 5.11 Å². The minimum absolute atomic E-state index is 0.0176. The molecule has 0 spiro atoms. The first kappa shape index (κ1) is 16.4. The van der Waals surface area contributed by atoms with Gasteiger partial charge in [-0.1, -0.05) is 12.1 Å². The Kier molecular flexibility index (Phi) is 5.08. The lowest BCUT2D eigenvalue weighted by atomic mass is 10.3. The molecule has 0 aliphatic heterocycles. The number of fused-ring (bicyclic) bond motifs is 1. The number of nitrogens with one attached hydrogen (secondary N) is 1. The van der Waals surface area contributed by atoms with Crippen molar-refractivity contribution in [3.63, 3.8) is 0 Å². The van der Waals surface area contributed by atoms with Gasteiger partial charge in [0.1, 0.15) is 5.82 Å². The second kappa shape index (κ2) is 7.42. The average molecular weight is 341 g/mol. The van der Waals surface area contributed by atoms with Crippen LogP contribution >= 0.6 is 11.3 Å². The average Bonchev–Trinajstić information content (AvgIpc) is 3.21. The number of thiophene rings is 1. The van der Waals surface area contributed by atoms with Gasteiger partial charge in [0, 0.05) is 17.5 Å². The zero-order valence-electron chi connectivity index (χ0n) is 13.4. The second-order valence-electron chi connectivity index (χ2n) is 5.33. The SMILES string of the molecule is CCn1c(CNC(=O)/C=C/c2cc(CO)cs2)nc2ccccc21. The van der Waals surface area contributed by atoms with Gasteiger partial charge in [0.05, 0.1) is 24.2 Å². The zero-order chi connectivity index (χ0) is 16.9. The highest BCUT2D eigenvalue weighted by Gasteiger charge is 2.09. The Hall–Kier alpha value is -2.44. The molecule has 2 aromatic heterocycles. The van der Waals surface area contributed by atoms with E-state index in [1.165, 1.54) is 17.4 Å². The van der Waals surface area contributed by atoms with E-state index in [2.05, 4.69) is 21.8 Å². The summed E-state index contributed by atoms with van der Waals surface area (Å²) in [5.74, 6) is 0.683. The van der Waals surface area contributed by atoms with Crippen molar-refractivity contribution in [2.75, 3.05) is 0 Å². The molecular weight excluding hydrogens is 322 g/mol. The Bertz CT molecular complexity index is 879. The van der Waals surface area contributed by atoms with Crippen LogP contribution in [-0.2, 0) is 24.5 Å². The fourth-order valence-electron chi connectivity index (χ4n) is 2.56. The molecule has 2 N–H and O–H groups in total. The minimum atomic E-state index is -0.163. The van der Waals surface area contributed by atoms with Crippen molar-refractivity contribution in [2.24, 2.45) is 0 Å². The van der Waals surface area contributed by atoms with Gasteiger partial charge in [0.25, 0.3) is 0 Å². The van der Waals surface area contributed by atoms with E-state index in [1.807, 2.05) is 35.7 Å². The van der Waals surface area contributed by atoms with Crippen LogP contribution in [0.25, 0.3) is 17.1 Å². The number of hydrogen-bond acceptors (Lipinski definition) is 4. The molecule has 0 saturated heterocycles. The van der Waals surface area contributed by atoms with E-state index in [1.54, 1.807) is 6.08 Å². The summed E-state index contributed by atoms with van der Waals surface area (Å²) in [6.07, 6.45) is 3.26. The van der Waals surface area contributed by atoms with Crippen molar-refractivity contribution in [2.45, 2.75) is 26.6 Å². The van der Waals surface area contributed by atoms with E-state index >= 15 is 0 Å². The highest BCUT2D eigenvalue weighted by Crippen LogP contribution is 2.17. The third kappa shape index (κ3) is 3.55. The monoisotopic (exact) mass is 341 g/mol. The first-order chi connectivity index (χ1) is 11.7. The summed E-state index contributed by atoms with van der Waals surface area (Å²) in [5.41, 5.74) is 2.88. The van der Waals surface area contributed by atoms with E-state index in [9.17, 15) is 4.79 Å². The lowest BCUT2D eigenvalue weighted by Crippen LogP contribution is -2.22. The normalized spacial score (nSPS) is 11.4. The molecule has 0 aliphatic carbocycles. The Morgan fingerprint density at radius 1 is 1.42 bits per heavy atom. The van der Waals surface area contributed by atoms with Gasteiger partial charge in [-0.2, -0.15) is 0 Å². The molecule has 0 unspecified atom stereocenters. The van der Waals surface area contributed by atoms with Crippen LogP contribution in [0.2, 0.25) is 0 Å². The first-order valence-electron chi connectivity index (χ1n) is 7.79. The number of nitrogens with zero attached hydrogens (tertiary/aromatic N) is 2. The number of aliphatic hydroxyl groups excluding tert-OH is 1. The van der Waals surface area contributed by atoms with Gasteiger partial charge in [0.15, 0.2) is 0 Å². The summed E-state index contributed by atoms with van der Waals surface area (Å²) in [6, 6.07) is 9.82. The highest BCUT2D eigenvalue weighted by molar-refractivity contribution is 7.11. The van der Waals surface area contributed by atoms with Crippen LogP contribution in [-0.4, -0.2) is 20.6 Å². The molecule has 1 aromatic carbocycles. The number of carbonyl (C=O) groups is 1. The van der Waals surface area contributed by atoms with Crippen LogP contribution in [0.5, 0.6) is 0 Å². The van der Waals surface area contributed by atoms with E-state index in [0.29, 0.717) is 6.54 Å². The summed E-state index contributed by atoms with van der Waals surface area (Å²) >= 11 is 1.50. The molecule has 6 heteroatoms. The van der Waals surface area contributed by atoms with Crippen LogP contribution in [0, 0.1) is 0 Å². The van der Waals surface area contributed by atoms with Gasteiger partial charge < -0.3 is 15.0 Å². The molecule has 0 fully saturated rings. The molecule has 0 saturated carbocycles. The lowest BCUT2D eigenvalue weighted by Gasteiger charge is -2.06. The molecule has 5 nitrogen and oxygen atoms in total. The van der Waals surface area contributed by atoms with Crippen molar-refractivity contribution in [3.8, 4) is 0 Å². The minimum Gasteiger partial charge on any atom is -0.392 e. The Balaban J connectivity index is 1.66. The van der Waals surface area contributed by atoms with Crippen LogP contribution < -0.4 is 5.32 Å². The Morgan fingerprint density at radius 3 is 3.00 bits per heavy atom. The molecule has 0 bridgehead atoms. The fourth-order valence-corrected chi connectivity index (χ4v) is 3.36. The second-order valence-corrected chi connectivity index (χ2v) is 6.27. The maximum absolute atomic E-state index is 12.0. The van der Waals surface area contributed by atoms with Gasteiger partial charge in [0.2, 0.25) is 5.91 Å². The molecule has 0 aliphatic rings. The van der Waals surface area contributed by atoms with Crippen LogP contribution in [0.3, 0.4) is 0 Å². The summed E-state index contributed by atoms with van der Waals surface area (Å²) in [5, 5.41) is 13.8. The predicted octanol–water partition coefficient (Wildman–Crippen LogP) is 2.94. The van der Waals surface area contributed by atoms with Gasteiger partial charge in [-0.05, 0) is 42.1 Å². The Morgan fingerprint density at radius 2 is 2.25 bits per heavy atom. The van der Waals surface area contributed by atoms with Crippen LogP contribution in [0.15, 0.2) is 41.8 Å². The van der Waals surface area contributed by atoms with Crippen LogP contribution in [0.4, 0.5) is 0 Å². The summed E-state index contributed by atoms with van der Waals surface area (Å²) in [7, 11) is 0. The number of amides is 1. The summed E-state index contributed by atoms with van der Waals surface area (Å²) in [4.78, 5) is 17.5. The number of imidazole rings is 1. The molecule has 1 amide bonds. The number of aromatic nitrogens is 2. The van der Waals surface area contributed by atoms with E-state index < -0.39 is 0 Å². The highest BCUT2D eigenvalue weighted by atomic mass is 32.1. The van der Waals surface area contributed by atoms with Gasteiger partial charge in [-0.25, -0.2) is 4.98 Å². The quantitative estimate of drug-likeness (QED) is 0.678. The number of hydrogen-bond donors (Lipinski definition) is 2. The fraction of sp³-hybridized carbons (Fsp3) is 0.222. The molecule has 2 heterocycles. The van der Waals surface area contributed by atoms with Gasteiger partial charge in [-0.3, -0.25) is 4.79 Å². The number of aliphatic hydroxyl groups is 1. The third-order valence-corrected chi connectivity index (χ3v) is 4.67. The summed E-state index contributed by atoms with van der Waals surface area (Å²) in [6.45, 7) is 3.28. The maximum atomic E-state index is 12.0. The van der Waals surface area contributed by atoms with Gasteiger partial charge >= 0.3 is 0 Å². The van der Waals surface area contributed by atoms with Crippen LogP contribution in [0.1, 0.15) is 23.2 Å². The summed E-state index contributed by atoms with van der Waals surface area (Å²) < 4.78 is 2.10. The molecule has 0 atom stereocenters. The van der Waals surface area contributed by atoms with Gasteiger partial charge in [-0.15, -0.1) is 11.3 Å². The predicted molar refractivity (Wildman–Crippen MR) is 96.5 cm³/mol. The largest absolute Gasteiger partial charge is 0.392 e. The Labute approximate surface area is 144 Å². The van der Waals surface area contributed by atoms with Crippen molar-refractivity contribution in [1.29, 1.82) is 0 Å². The number of rotatable bonds is 6. The third-order valence-electron chi connectivity index (χ3n) is 3.73. The molecule has 24 heavy (non-hydrogen) atoms. The molecular formula is C18H19N3O2S. The topological polar surface area (TPSA) is 67.2 Å². The molecule has 3 rings (SSSR count). The first-order valence-corrected chi connectivity index (χ1v) is 8.67. The standard InChI is InChI=1S/C18H19N3O2S/c1-2-21-16-6-4-3-5-15(16)20-17(21)10-19-18(23)8-7-14-9-13(11-22)12-24-14/h3-9,12,22H,2,10-11H2,1H3,(H,19,23)/b8-7+. The van der Waals surface area contributed by atoms with E-state index in [-0.39, 0.29) is 12.5 Å². The number of benzene rings is 1. The van der Waals surface area contributed by atoms with E-state index in [0.717, 1.165) is 33.8 Å². The molecule has 3 aromatic rings. The lowest BCUT2D eigenvalue weighted by molar-refractivity contribution is -0.116. The molecule has 0 radical (unpaired) electrons. The van der Waals surface area contributed by atoms with Crippen molar-refractivity contribution in [1.82, 2.24) is 14.9 Å². The van der Waals surface area contributed by atoms with Crippen molar-refractivity contribution >= 4 is 34.4 Å².